The standard InChI is InChI=1S/C18H30N2/c1-4-6-16-7-5-11-20(12-10-16)18-9-8-17(14-19-3)15(2)13-18/h8-9,13,16,19H,4-7,10-12,14H2,1-3H3. The molecule has 0 bridgehead atoms. The summed E-state index contributed by atoms with van der Waals surface area (Å²) in [4.78, 5) is 2.59. The SMILES string of the molecule is CCCC1CCCN(c2ccc(CNC)c(C)c2)CC1. The van der Waals surface area contributed by atoms with Gasteiger partial charge in [-0.2, -0.15) is 0 Å². The fraction of sp³-hybridized carbons (Fsp3) is 0.667. The lowest BCUT2D eigenvalue weighted by molar-refractivity contribution is 0.435. The van der Waals surface area contributed by atoms with Crippen LogP contribution in [-0.2, 0) is 6.54 Å². The van der Waals surface area contributed by atoms with Crippen molar-refractivity contribution in [3.05, 3.63) is 29.3 Å². The highest BCUT2D eigenvalue weighted by molar-refractivity contribution is 5.51. The maximum absolute atomic E-state index is 3.24. The molecule has 1 heterocycles. The molecule has 0 aromatic heterocycles. The molecule has 1 N–H and O–H groups in total. The molecule has 20 heavy (non-hydrogen) atoms. The van der Waals surface area contributed by atoms with Gasteiger partial charge in [0.05, 0.1) is 0 Å². The summed E-state index contributed by atoms with van der Waals surface area (Å²) in [6, 6.07) is 6.96. The van der Waals surface area contributed by atoms with E-state index in [1.165, 1.54) is 62.0 Å². The monoisotopic (exact) mass is 274 g/mol. The van der Waals surface area contributed by atoms with Crippen molar-refractivity contribution in [1.82, 2.24) is 5.32 Å². The minimum Gasteiger partial charge on any atom is -0.372 e. The van der Waals surface area contributed by atoms with Gasteiger partial charge in [-0.3, -0.25) is 0 Å². The van der Waals surface area contributed by atoms with Gasteiger partial charge in [0.1, 0.15) is 0 Å². The van der Waals surface area contributed by atoms with E-state index in [2.05, 4.69) is 42.3 Å². The molecule has 0 radical (unpaired) electrons. The molecular weight excluding hydrogens is 244 g/mol. The molecule has 0 amide bonds. The fourth-order valence-corrected chi connectivity index (χ4v) is 3.39. The van der Waals surface area contributed by atoms with Crippen LogP contribution >= 0.6 is 0 Å². The van der Waals surface area contributed by atoms with Crippen LogP contribution in [0.2, 0.25) is 0 Å². The highest BCUT2D eigenvalue weighted by Gasteiger charge is 2.17. The molecule has 0 spiro atoms. The number of nitrogens with one attached hydrogen (secondary N) is 1. The number of hydrogen-bond donors (Lipinski definition) is 1. The zero-order chi connectivity index (χ0) is 14.4. The molecule has 2 rings (SSSR count). The van der Waals surface area contributed by atoms with Gasteiger partial charge in [-0.15, -0.1) is 0 Å². The predicted molar refractivity (Wildman–Crippen MR) is 88.4 cm³/mol. The van der Waals surface area contributed by atoms with E-state index in [9.17, 15) is 0 Å². The van der Waals surface area contributed by atoms with Gasteiger partial charge in [-0.25, -0.2) is 0 Å². The normalized spacial score (nSPS) is 19.9. The lowest BCUT2D eigenvalue weighted by atomic mass is 9.96. The molecular formula is C18H30N2. The van der Waals surface area contributed by atoms with Gasteiger partial charge in [0.2, 0.25) is 0 Å². The smallest absolute Gasteiger partial charge is 0.0369 e. The van der Waals surface area contributed by atoms with Gasteiger partial charge >= 0.3 is 0 Å². The van der Waals surface area contributed by atoms with Crippen LogP contribution in [0, 0.1) is 12.8 Å². The summed E-state index contributed by atoms with van der Waals surface area (Å²) in [6.07, 6.45) is 6.88. The van der Waals surface area contributed by atoms with E-state index in [1.807, 2.05) is 7.05 Å². The van der Waals surface area contributed by atoms with Gasteiger partial charge < -0.3 is 10.2 Å². The van der Waals surface area contributed by atoms with Crippen LogP contribution in [0.3, 0.4) is 0 Å². The summed E-state index contributed by atoms with van der Waals surface area (Å²) in [5.41, 5.74) is 4.24. The first-order chi connectivity index (χ1) is 9.74. The fourth-order valence-electron chi connectivity index (χ4n) is 3.39. The summed E-state index contributed by atoms with van der Waals surface area (Å²) < 4.78 is 0. The van der Waals surface area contributed by atoms with Gasteiger partial charge in [-0.05, 0) is 62.4 Å². The lowest BCUT2D eigenvalue weighted by Gasteiger charge is -2.24. The largest absolute Gasteiger partial charge is 0.372 e. The molecule has 1 aliphatic heterocycles. The predicted octanol–water partition coefficient (Wildman–Crippen LogP) is 4.12. The lowest BCUT2D eigenvalue weighted by Crippen LogP contribution is -2.24. The third kappa shape index (κ3) is 3.99. The number of hydrogen-bond acceptors (Lipinski definition) is 2. The Morgan fingerprint density at radius 1 is 1.25 bits per heavy atom. The van der Waals surface area contributed by atoms with E-state index in [-0.39, 0.29) is 0 Å². The highest BCUT2D eigenvalue weighted by atomic mass is 15.1. The molecule has 1 aromatic rings. The average molecular weight is 274 g/mol. The second-order valence-corrected chi connectivity index (χ2v) is 6.21. The van der Waals surface area contributed by atoms with E-state index < -0.39 is 0 Å². The second-order valence-electron chi connectivity index (χ2n) is 6.21. The Bertz CT molecular complexity index is 414. The van der Waals surface area contributed by atoms with Crippen molar-refractivity contribution in [1.29, 1.82) is 0 Å². The van der Waals surface area contributed by atoms with Crippen LogP contribution in [-0.4, -0.2) is 20.1 Å². The summed E-state index contributed by atoms with van der Waals surface area (Å²) in [5, 5.41) is 3.24. The van der Waals surface area contributed by atoms with Crippen molar-refractivity contribution in [2.75, 3.05) is 25.0 Å². The molecule has 112 valence electrons. The maximum Gasteiger partial charge on any atom is 0.0369 e. The third-order valence-corrected chi connectivity index (χ3v) is 4.60. The van der Waals surface area contributed by atoms with E-state index in [1.54, 1.807) is 0 Å². The van der Waals surface area contributed by atoms with Crippen molar-refractivity contribution >= 4 is 5.69 Å². The Labute approximate surface area is 124 Å². The van der Waals surface area contributed by atoms with Crippen LogP contribution in [0.4, 0.5) is 5.69 Å². The third-order valence-electron chi connectivity index (χ3n) is 4.60. The Kier molecular flexibility index (Phi) is 5.90. The Morgan fingerprint density at radius 3 is 2.80 bits per heavy atom. The van der Waals surface area contributed by atoms with Crippen molar-refractivity contribution < 1.29 is 0 Å². The van der Waals surface area contributed by atoms with E-state index >= 15 is 0 Å². The summed E-state index contributed by atoms with van der Waals surface area (Å²) in [6.45, 7) is 7.96. The zero-order valence-electron chi connectivity index (χ0n) is 13.4. The van der Waals surface area contributed by atoms with Crippen LogP contribution in [0.15, 0.2) is 18.2 Å². The van der Waals surface area contributed by atoms with Gasteiger partial charge in [-0.1, -0.05) is 25.8 Å². The quantitative estimate of drug-likeness (QED) is 0.869. The molecule has 1 unspecified atom stereocenters. The summed E-state index contributed by atoms with van der Waals surface area (Å²) in [7, 11) is 2.01. The molecule has 1 aliphatic rings. The molecule has 1 saturated heterocycles. The Balaban J connectivity index is 2.02. The molecule has 0 saturated carbocycles. The number of benzene rings is 1. The molecule has 0 aliphatic carbocycles. The number of anilines is 1. The minimum atomic E-state index is 0.953. The molecule has 1 atom stereocenters. The Hall–Kier alpha value is -1.02. The van der Waals surface area contributed by atoms with E-state index in [0.717, 1.165) is 12.5 Å². The topological polar surface area (TPSA) is 15.3 Å². The van der Waals surface area contributed by atoms with Crippen molar-refractivity contribution in [2.45, 2.75) is 52.5 Å². The van der Waals surface area contributed by atoms with Crippen LogP contribution in [0.5, 0.6) is 0 Å². The second kappa shape index (κ2) is 7.68. The van der Waals surface area contributed by atoms with Crippen LogP contribution in [0.1, 0.15) is 50.2 Å². The van der Waals surface area contributed by atoms with Gasteiger partial charge in [0, 0.05) is 25.3 Å². The minimum absolute atomic E-state index is 0.953. The molecule has 2 nitrogen and oxygen atoms in total. The summed E-state index contributed by atoms with van der Waals surface area (Å²) in [5.74, 6) is 0.953. The van der Waals surface area contributed by atoms with Gasteiger partial charge in [0.15, 0.2) is 0 Å². The molecule has 2 heteroatoms. The average Bonchev–Trinajstić information content (AvgIpc) is 2.67. The first-order valence-corrected chi connectivity index (χ1v) is 8.23. The number of nitrogens with zero attached hydrogens (tertiary/aromatic N) is 1. The van der Waals surface area contributed by atoms with E-state index in [0.29, 0.717) is 0 Å². The first-order valence-electron chi connectivity index (χ1n) is 8.23. The maximum atomic E-state index is 3.24. The van der Waals surface area contributed by atoms with Crippen LogP contribution in [0.25, 0.3) is 0 Å². The van der Waals surface area contributed by atoms with Crippen molar-refractivity contribution in [3.63, 3.8) is 0 Å². The summed E-state index contributed by atoms with van der Waals surface area (Å²) >= 11 is 0. The van der Waals surface area contributed by atoms with E-state index in [4.69, 9.17) is 0 Å². The van der Waals surface area contributed by atoms with Crippen molar-refractivity contribution in [3.8, 4) is 0 Å². The number of aryl methyl sites for hydroxylation is 1. The first kappa shape index (κ1) is 15.4. The Morgan fingerprint density at radius 2 is 2.10 bits per heavy atom. The van der Waals surface area contributed by atoms with Gasteiger partial charge in [0.25, 0.3) is 0 Å². The molecule has 1 aromatic carbocycles. The zero-order valence-corrected chi connectivity index (χ0v) is 13.4. The molecule has 1 fully saturated rings. The van der Waals surface area contributed by atoms with Crippen molar-refractivity contribution in [2.24, 2.45) is 5.92 Å². The van der Waals surface area contributed by atoms with Crippen LogP contribution < -0.4 is 10.2 Å². The highest BCUT2D eigenvalue weighted by Crippen LogP contribution is 2.26. The number of rotatable bonds is 5.